The number of nitrogens with two attached hydrogens (primary N) is 1. The van der Waals surface area contributed by atoms with Crippen molar-refractivity contribution >= 4 is 15.9 Å². The van der Waals surface area contributed by atoms with E-state index >= 15 is 0 Å². The molecule has 0 aliphatic carbocycles. The highest BCUT2D eigenvalue weighted by Gasteiger charge is 2.33. The van der Waals surface area contributed by atoms with E-state index < -0.39 is 16.1 Å². The lowest BCUT2D eigenvalue weighted by Gasteiger charge is -2.35. The van der Waals surface area contributed by atoms with E-state index in [1.807, 2.05) is 13.8 Å². The quantitative estimate of drug-likeness (QED) is 0.797. The number of rotatable bonds is 4. The largest absolute Gasteiger partial charge is 0.339 e. The van der Waals surface area contributed by atoms with E-state index in [0.29, 0.717) is 18.9 Å². The third kappa shape index (κ3) is 3.56. The Kier molecular flexibility index (Phi) is 5.12. The monoisotopic (exact) mass is 343 g/mol. The molecule has 1 aliphatic heterocycles. The molecule has 1 amide bonds. The van der Waals surface area contributed by atoms with Crippen LogP contribution in [0.3, 0.4) is 0 Å². The molecule has 130 valence electrons. The summed E-state index contributed by atoms with van der Waals surface area (Å²) in [5, 5.41) is 0.0520. The smallest absolute Gasteiger partial charge is 0.262 e. The molecule has 0 aromatic carbocycles. The molecule has 2 rings (SSSR count). The van der Waals surface area contributed by atoms with Gasteiger partial charge in [0.05, 0.1) is 6.04 Å². The fraction of sp³-hybridized carbons (Fsp3) is 0.714. The maximum Gasteiger partial charge on any atom is 0.262 e. The predicted octanol–water partition coefficient (Wildman–Crippen LogP) is -0.455. The van der Waals surface area contributed by atoms with Crippen molar-refractivity contribution in [2.45, 2.75) is 31.8 Å². The van der Waals surface area contributed by atoms with Gasteiger partial charge in [-0.2, -0.15) is 4.31 Å². The van der Waals surface area contributed by atoms with Gasteiger partial charge in [-0.05, 0) is 12.8 Å². The SMILES string of the molecule is Cc1nc(S(=O)(=O)N2CCN(C(=O)[C@@H](N)C(C)C)CC2)cn1C. The van der Waals surface area contributed by atoms with Crippen LogP contribution in [-0.4, -0.2) is 65.3 Å². The Balaban J connectivity index is 2.05. The third-order valence-corrected chi connectivity index (χ3v) is 6.01. The molecule has 9 heteroatoms. The number of amides is 1. The van der Waals surface area contributed by atoms with Gasteiger partial charge in [0.15, 0.2) is 5.03 Å². The molecule has 0 spiro atoms. The van der Waals surface area contributed by atoms with Gasteiger partial charge in [-0.3, -0.25) is 4.79 Å². The van der Waals surface area contributed by atoms with Crippen molar-refractivity contribution in [3.05, 3.63) is 12.0 Å². The Bertz CT molecular complexity index is 655. The minimum absolute atomic E-state index is 0.0520. The number of sulfonamides is 1. The molecule has 8 nitrogen and oxygen atoms in total. The zero-order valence-electron chi connectivity index (χ0n) is 14.1. The molecule has 1 aromatic rings. The van der Waals surface area contributed by atoms with E-state index in [4.69, 9.17) is 5.73 Å². The van der Waals surface area contributed by atoms with Crippen LogP contribution in [0.15, 0.2) is 11.2 Å². The Morgan fingerprint density at radius 3 is 2.26 bits per heavy atom. The molecular weight excluding hydrogens is 318 g/mol. The molecule has 1 saturated heterocycles. The third-order valence-electron chi connectivity index (χ3n) is 4.24. The molecular formula is C14H25N5O3S. The molecule has 1 aliphatic rings. The normalized spacial score (nSPS) is 18.4. The van der Waals surface area contributed by atoms with Gasteiger partial charge in [0.2, 0.25) is 5.91 Å². The Labute approximate surface area is 137 Å². The van der Waals surface area contributed by atoms with Gasteiger partial charge in [0.25, 0.3) is 10.0 Å². The number of carbonyl (C=O) groups is 1. The lowest BCUT2D eigenvalue weighted by atomic mass is 10.0. The van der Waals surface area contributed by atoms with Crippen molar-refractivity contribution in [3.8, 4) is 0 Å². The summed E-state index contributed by atoms with van der Waals surface area (Å²) in [4.78, 5) is 18.0. The second kappa shape index (κ2) is 6.58. The van der Waals surface area contributed by atoms with Gasteiger partial charge in [0.1, 0.15) is 5.82 Å². The summed E-state index contributed by atoms with van der Waals surface area (Å²) in [6.07, 6.45) is 1.51. The first kappa shape index (κ1) is 17.9. The Hall–Kier alpha value is -1.45. The van der Waals surface area contributed by atoms with E-state index in [1.54, 1.807) is 23.4 Å². The summed E-state index contributed by atoms with van der Waals surface area (Å²) in [7, 11) is -1.86. The van der Waals surface area contributed by atoms with Crippen LogP contribution >= 0.6 is 0 Å². The van der Waals surface area contributed by atoms with E-state index in [1.165, 1.54) is 10.5 Å². The van der Waals surface area contributed by atoms with Gasteiger partial charge in [-0.25, -0.2) is 13.4 Å². The first-order valence-electron chi connectivity index (χ1n) is 7.69. The average molecular weight is 343 g/mol. The first-order valence-corrected chi connectivity index (χ1v) is 9.13. The predicted molar refractivity (Wildman–Crippen MR) is 86.1 cm³/mol. The molecule has 2 N–H and O–H groups in total. The Morgan fingerprint density at radius 1 is 1.26 bits per heavy atom. The van der Waals surface area contributed by atoms with Crippen LogP contribution in [-0.2, 0) is 21.9 Å². The fourth-order valence-corrected chi connectivity index (χ4v) is 3.88. The van der Waals surface area contributed by atoms with E-state index in [0.717, 1.165) is 0 Å². The summed E-state index contributed by atoms with van der Waals surface area (Å²) in [5.74, 6) is 0.576. The number of aryl methyl sites for hydroxylation is 2. The minimum atomic E-state index is -3.62. The number of nitrogens with zero attached hydrogens (tertiary/aromatic N) is 4. The van der Waals surface area contributed by atoms with E-state index in [9.17, 15) is 13.2 Å². The van der Waals surface area contributed by atoms with Crippen molar-refractivity contribution in [2.75, 3.05) is 26.2 Å². The zero-order valence-corrected chi connectivity index (χ0v) is 14.9. The lowest BCUT2D eigenvalue weighted by Crippen LogP contribution is -2.55. The van der Waals surface area contributed by atoms with Gasteiger partial charge < -0.3 is 15.2 Å². The number of hydrogen-bond acceptors (Lipinski definition) is 5. The zero-order chi connectivity index (χ0) is 17.4. The summed E-state index contributed by atoms with van der Waals surface area (Å²) in [6, 6.07) is -0.545. The molecule has 1 atom stereocenters. The van der Waals surface area contributed by atoms with Crippen molar-refractivity contribution in [1.29, 1.82) is 0 Å². The average Bonchev–Trinajstić information content (AvgIpc) is 2.86. The molecule has 2 heterocycles. The van der Waals surface area contributed by atoms with Crippen LogP contribution < -0.4 is 5.73 Å². The van der Waals surface area contributed by atoms with Crippen molar-refractivity contribution in [3.63, 3.8) is 0 Å². The molecule has 0 radical (unpaired) electrons. The van der Waals surface area contributed by atoms with E-state index in [-0.39, 0.29) is 29.9 Å². The summed E-state index contributed by atoms with van der Waals surface area (Å²) in [5.41, 5.74) is 5.89. The van der Waals surface area contributed by atoms with Crippen LogP contribution in [0.4, 0.5) is 0 Å². The van der Waals surface area contributed by atoms with E-state index in [2.05, 4.69) is 4.98 Å². The first-order chi connectivity index (χ1) is 10.6. The van der Waals surface area contributed by atoms with Crippen molar-refractivity contribution < 1.29 is 13.2 Å². The Morgan fingerprint density at radius 2 is 1.83 bits per heavy atom. The van der Waals surface area contributed by atoms with Gasteiger partial charge in [-0.1, -0.05) is 13.8 Å². The maximum absolute atomic E-state index is 12.6. The van der Waals surface area contributed by atoms with Crippen LogP contribution in [0.2, 0.25) is 0 Å². The topological polar surface area (TPSA) is 102 Å². The highest BCUT2D eigenvalue weighted by Crippen LogP contribution is 2.17. The molecule has 1 aromatic heterocycles. The number of hydrogen-bond donors (Lipinski definition) is 1. The number of carbonyl (C=O) groups excluding carboxylic acids is 1. The van der Waals surface area contributed by atoms with Crippen LogP contribution in [0.5, 0.6) is 0 Å². The van der Waals surface area contributed by atoms with Crippen LogP contribution in [0.25, 0.3) is 0 Å². The fourth-order valence-electron chi connectivity index (χ4n) is 2.43. The highest BCUT2D eigenvalue weighted by molar-refractivity contribution is 7.89. The molecule has 0 bridgehead atoms. The summed E-state index contributed by atoms with van der Waals surface area (Å²) >= 11 is 0. The van der Waals surface area contributed by atoms with Crippen LogP contribution in [0.1, 0.15) is 19.7 Å². The number of imidazole rings is 1. The second-order valence-electron chi connectivity index (χ2n) is 6.24. The van der Waals surface area contributed by atoms with Crippen molar-refractivity contribution in [1.82, 2.24) is 18.8 Å². The molecule has 0 saturated carbocycles. The van der Waals surface area contributed by atoms with Gasteiger partial charge >= 0.3 is 0 Å². The summed E-state index contributed by atoms with van der Waals surface area (Å²) in [6.45, 7) is 6.76. The number of piperazine rings is 1. The standard InChI is InChI=1S/C14H25N5O3S/c1-10(2)13(15)14(20)18-5-7-19(8-6-18)23(21,22)12-9-17(4)11(3)16-12/h9-10,13H,5-8,15H2,1-4H3/t13-/m0/s1. The maximum atomic E-state index is 12.6. The van der Waals surface area contributed by atoms with Crippen LogP contribution in [0, 0.1) is 12.8 Å². The lowest BCUT2D eigenvalue weighted by molar-refractivity contribution is -0.134. The minimum Gasteiger partial charge on any atom is -0.339 e. The van der Waals surface area contributed by atoms with Gasteiger partial charge in [-0.15, -0.1) is 0 Å². The van der Waals surface area contributed by atoms with Crippen molar-refractivity contribution in [2.24, 2.45) is 18.7 Å². The number of aromatic nitrogens is 2. The highest BCUT2D eigenvalue weighted by atomic mass is 32.2. The second-order valence-corrected chi connectivity index (χ2v) is 8.12. The molecule has 23 heavy (non-hydrogen) atoms. The molecule has 0 unspecified atom stereocenters. The summed E-state index contributed by atoms with van der Waals surface area (Å²) < 4.78 is 28.2. The van der Waals surface area contributed by atoms with Gasteiger partial charge in [0, 0.05) is 39.4 Å². The molecule has 1 fully saturated rings.